The van der Waals surface area contributed by atoms with Gasteiger partial charge >= 0.3 is 12.2 Å². The van der Waals surface area contributed by atoms with Crippen molar-refractivity contribution >= 4 is 28.4 Å². The molecule has 0 aliphatic heterocycles. The second-order valence-electron chi connectivity index (χ2n) is 5.49. The number of pyridine rings is 1. The molecule has 3 rings (SSSR count). The number of H-pyrrole nitrogens is 1. The Balaban J connectivity index is 1.69. The first kappa shape index (κ1) is 17.7. The standard InChI is InChI=1S/C17H15F3N4O2/c1-26-9-12-6-7-13-14(8-21-15(13)22-12)24-16(25)23-11-4-2-10(3-5-11)17(18,19)20/h2-8H,9H2,1H3,(H,21,22)(H2,23,24,25). The maximum Gasteiger partial charge on any atom is 0.416 e. The zero-order chi connectivity index (χ0) is 18.7. The normalized spacial score (nSPS) is 11.5. The Kier molecular flexibility index (Phi) is 4.81. The molecule has 9 heteroatoms. The first-order chi connectivity index (χ1) is 12.4. The quantitative estimate of drug-likeness (QED) is 0.643. The molecule has 0 fully saturated rings. The van der Waals surface area contributed by atoms with E-state index in [1.807, 2.05) is 0 Å². The number of amides is 2. The SMILES string of the molecule is COCc1ccc2c(NC(=O)Nc3ccc(C(F)(F)F)cc3)c[nH]c2n1. The number of aromatic amines is 1. The molecule has 2 amide bonds. The number of benzene rings is 1. The molecule has 1 aromatic carbocycles. The number of hydrogen-bond donors (Lipinski definition) is 3. The van der Waals surface area contributed by atoms with Gasteiger partial charge in [-0.3, -0.25) is 0 Å². The summed E-state index contributed by atoms with van der Waals surface area (Å²) in [5.74, 6) is 0. The summed E-state index contributed by atoms with van der Waals surface area (Å²) in [6, 6.07) is 7.18. The maximum atomic E-state index is 12.5. The Morgan fingerprint density at radius 3 is 2.54 bits per heavy atom. The Morgan fingerprint density at radius 2 is 1.88 bits per heavy atom. The van der Waals surface area contributed by atoms with Gasteiger partial charge in [0.2, 0.25) is 0 Å². The molecule has 0 unspecified atom stereocenters. The van der Waals surface area contributed by atoms with Crippen LogP contribution in [0.3, 0.4) is 0 Å². The number of fused-ring (bicyclic) bond motifs is 1. The van der Waals surface area contributed by atoms with E-state index < -0.39 is 17.8 Å². The Morgan fingerprint density at radius 1 is 1.15 bits per heavy atom. The first-order valence-corrected chi connectivity index (χ1v) is 7.58. The highest BCUT2D eigenvalue weighted by Crippen LogP contribution is 2.30. The third-order valence-electron chi connectivity index (χ3n) is 3.61. The molecule has 0 radical (unpaired) electrons. The fourth-order valence-corrected chi connectivity index (χ4v) is 2.40. The monoisotopic (exact) mass is 364 g/mol. The summed E-state index contributed by atoms with van der Waals surface area (Å²) in [4.78, 5) is 19.4. The fourth-order valence-electron chi connectivity index (χ4n) is 2.40. The van der Waals surface area contributed by atoms with Gasteiger partial charge in [0.05, 0.1) is 23.6 Å². The van der Waals surface area contributed by atoms with Crippen LogP contribution in [-0.2, 0) is 17.5 Å². The number of hydrogen-bond acceptors (Lipinski definition) is 3. The predicted molar refractivity (Wildman–Crippen MR) is 90.9 cm³/mol. The summed E-state index contributed by atoms with van der Waals surface area (Å²) < 4.78 is 42.6. The van der Waals surface area contributed by atoms with Crippen LogP contribution in [0.1, 0.15) is 11.3 Å². The minimum absolute atomic E-state index is 0.246. The molecule has 0 aliphatic carbocycles. The van der Waals surface area contributed by atoms with Crippen LogP contribution in [0, 0.1) is 0 Å². The number of urea groups is 1. The van der Waals surface area contributed by atoms with Crippen LogP contribution in [-0.4, -0.2) is 23.1 Å². The summed E-state index contributed by atoms with van der Waals surface area (Å²) in [5, 5.41) is 5.82. The van der Waals surface area contributed by atoms with Gasteiger partial charge in [-0.15, -0.1) is 0 Å². The van der Waals surface area contributed by atoms with Crippen LogP contribution in [0.5, 0.6) is 0 Å². The van der Waals surface area contributed by atoms with E-state index in [2.05, 4.69) is 20.6 Å². The van der Waals surface area contributed by atoms with Gasteiger partial charge in [-0.25, -0.2) is 9.78 Å². The Bertz CT molecular complexity index is 920. The molecule has 136 valence electrons. The van der Waals surface area contributed by atoms with Gasteiger partial charge in [-0.05, 0) is 36.4 Å². The van der Waals surface area contributed by atoms with Crippen molar-refractivity contribution in [3.63, 3.8) is 0 Å². The molecule has 0 atom stereocenters. The van der Waals surface area contributed by atoms with Gasteiger partial charge < -0.3 is 20.4 Å². The zero-order valence-electron chi connectivity index (χ0n) is 13.6. The van der Waals surface area contributed by atoms with Gasteiger partial charge in [0.1, 0.15) is 5.65 Å². The van der Waals surface area contributed by atoms with Gasteiger partial charge in [0.25, 0.3) is 0 Å². The predicted octanol–water partition coefficient (Wildman–Crippen LogP) is 4.37. The van der Waals surface area contributed by atoms with E-state index in [1.54, 1.807) is 25.4 Å². The Labute approximate surface area is 146 Å². The Hall–Kier alpha value is -3.07. The largest absolute Gasteiger partial charge is 0.416 e. The third kappa shape index (κ3) is 3.94. The van der Waals surface area contributed by atoms with E-state index in [1.165, 1.54) is 12.1 Å². The van der Waals surface area contributed by atoms with Gasteiger partial charge in [0.15, 0.2) is 0 Å². The number of aromatic nitrogens is 2. The maximum absolute atomic E-state index is 12.5. The molecular formula is C17H15F3N4O2. The van der Waals surface area contributed by atoms with Crippen molar-refractivity contribution in [2.75, 3.05) is 17.7 Å². The van der Waals surface area contributed by atoms with E-state index in [0.717, 1.165) is 17.8 Å². The molecule has 3 aromatic rings. The molecule has 6 nitrogen and oxygen atoms in total. The molecule has 0 aliphatic rings. The van der Waals surface area contributed by atoms with Crippen molar-refractivity contribution in [2.45, 2.75) is 12.8 Å². The number of carbonyl (C=O) groups is 1. The van der Waals surface area contributed by atoms with Crippen LogP contribution in [0.25, 0.3) is 11.0 Å². The van der Waals surface area contributed by atoms with Crippen LogP contribution in [0.4, 0.5) is 29.3 Å². The van der Waals surface area contributed by atoms with E-state index in [-0.39, 0.29) is 5.69 Å². The van der Waals surface area contributed by atoms with E-state index >= 15 is 0 Å². The number of anilines is 2. The molecule has 0 bridgehead atoms. The van der Waals surface area contributed by atoms with Crippen LogP contribution >= 0.6 is 0 Å². The highest BCUT2D eigenvalue weighted by molar-refractivity contribution is 6.05. The summed E-state index contributed by atoms with van der Waals surface area (Å²) in [6.07, 6.45) is -2.83. The highest BCUT2D eigenvalue weighted by atomic mass is 19.4. The van der Waals surface area contributed by atoms with Crippen LogP contribution < -0.4 is 10.6 Å². The first-order valence-electron chi connectivity index (χ1n) is 7.58. The number of nitrogens with one attached hydrogen (secondary N) is 3. The molecule has 2 heterocycles. The molecule has 2 aromatic heterocycles. The van der Waals surface area contributed by atoms with Crippen molar-refractivity contribution in [2.24, 2.45) is 0 Å². The lowest BCUT2D eigenvalue weighted by atomic mass is 10.2. The van der Waals surface area contributed by atoms with Crippen LogP contribution in [0.2, 0.25) is 0 Å². The van der Waals surface area contributed by atoms with Crippen molar-refractivity contribution < 1.29 is 22.7 Å². The lowest BCUT2D eigenvalue weighted by Gasteiger charge is -2.09. The van der Waals surface area contributed by atoms with Crippen molar-refractivity contribution in [1.29, 1.82) is 0 Å². The lowest BCUT2D eigenvalue weighted by molar-refractivity contribution is -0.137. The zero-order valence-corrected chi connectivity index (χ0v) is 13.6. The minimum atomic E-state index is -4.42. The lowest BCUT2D eigenvalue weighted by Crippen LogP contribution is -2.19. The van der Waals surface area contributed by atoms with Gasteiger partial charge in [-0.2, -0.15) is 13.2 Å². The highest BCUT2D eigenvalue weighted by Gasteiger charge is 2.29. The van der Waals surface area contributed by atoms with Gasteiger partial charge in [-0.1, -0.05) is 0 Å². The molecule has 3 N–H and O–H groups in total. The van der Waals surface area contributed by atoms with E-state index in [0.29, 0.717) is 23.3 Å². The third-order valence-corrected chi connectivity index (χ3v) is 3.61. The number of methoxy groups -OCH3 is 1. The number of ether oxygens (including phenoxy) is 1. The van der Waals surface area contributed by atoms with Crippen LogP contribution in [0.15, 0.2) is 42.6 Å². The smallest absolute Gasteiger partial charge is 0.378 e. The summed E-state index contributed by atoms with van der Waals surface area (Å²) >= 11 is 0. The molecular weight excluding hydrogens is 349 g/mol. The molecule has 0 saturated heterocycles. The van der Waals surface area contributed by atoms with Crippen molar-refractivity contribution in [3.05, 3.63) is 53.9 Å². The summed E-state index contributed by atoms with van der Waals surface area (Å²) in [6.45, 7) is 0.367. The second kappa shape index (κ2) is 7.04. The summed E-state index contributed by atoms with van der Waals surface area (Å²) in [5.41, 5.74) is 1.29. The average Bonchev–Trinajstić information content (AvgIpc) is 2.97. The van der Waals surface area contributed by atoms with E-state index in [4.69, 9.17) is 4.74 Å². The number of halogens is 3. The fraction of sp³-hybridized carbons (Fsp3) is 0.176. The average molecular weight is 364 g/mol. The van der Waals surface area contributed by atoms with Gasteiger partial charge in [0, 0.05) is 24.4 Å². The van der Waals surface area contributed by atoms with Crippen molar-refractivity contribution in [3.8, 4) is 0 Å². The van der Waals surface area contributed by atoms with E-state index in [9.17, 15) is 18.0 Å². The van der Waals surface area contributed by atoms with Crippen molar-refractivity contribution in [1.82, 2.24) is 9.97 Å². The number of carbonyl (C=O) groups excluding carboxylic acids is 1. The molecule has 26 heavy (non-hydrogen) atoms. The minimum Gasteiger partial charge on any atom is -0.378 e. The molecule has 0 saturated carbocycles. The summed E-state index contributed by atoms with van der Waals surface area (Å²) in [7, 11) is 1.57. The number of nitrogens with zero attached hydrogens (tertiary/aromatic N) is 1. The topological polar surface area (TPSA) is 79.0 Å². The molecule has 0 spiro atoms. The number of rotatable bonds is 4. The second-order valence-corrected chi connectivity index (χ2v) is 5.49. The number of alkyl halides is 3.